The Labute approximate surface area is 259 Å². The topological polar surface area (TPSA) is 41.9 Å². The van der Waals surface area contributed by atoms with Crippen molar-refractivity contribution in [3.63, 3.8) is 0 Å². The second-order valence-corrected chi connectivity index (χ2v) is 14.3. The predicted molar refractivity (Wildman–Crippen MR) is 174 cm³/mol. The van der Waals surface area contributed by atoms with Gasteiger partial charge >= 0.3 is 0 Å². The Morgan fingerprint density at radius 1 is 0.973 bits per heavy atom. The van der Waals surface area contributed by atoms with E-state index in [1.165, 1.54) is 38.5 Å². The molecule has 3 fully saturated rings. The number of nitrogens with zero attached hydrogens (tertiary/aromatic N) is 2. The molecule has 0 aromatic heterocycles. The van der Waals surface area contributed by atoms with Crippen LogP contribution < -0.4 is 4.74 Å². The van der Waals surface area contributed by atoms with Crippen LogP contribution in [0.2, 0.25) is 0 Å². The molecular weight excluding hydrogens is 774 g/mol. The molecule has 1 amide bonds. The van der Waals surface area contributed by atoms with Crippen LogP contribution in [0.15, 0.2) is 50.8 Å². The van der Waals surface area contributed by atoms with E-state index in [-0.39, 0.29) is 11.9 Å². The number of benzene rings is 2. The Kier molecular flexibility index (Phi) is 9.96. The van der Waals surface area contributed by atoms with Crippen molar-refractivity contribution >= 4 is 90.0 Å². The highest BCUT2D eigenvalue weighted by atomic mass is 127. The number of aliphatic imine (C=N–C) groups is 1. The SMILES string of the molecule is O=C1C(=Cc2cc(I)c(OCc3ccc(Br)cc3)c(I)c2)SC(=NC2CCCCC2)N1C1CCCCC1. The van der Waals surface area contributed by atoms with Crippen molar-refractivity contribution < 1.29 is 9.53 Å². The van der Waals surface area contributed by atoms with Gasteiger partial charge in [0.15, 0.2) is 5.17 Å². The number of amides is 1. The van der Waals surface area contributed by atoms with Crippen molar-refractivity contribution in [3.8, 4) is 5.75 Å². The van der Waals surface area contributed by atoms with Gasteiger partial charge in [-0.15, -0.1) is 0 Å². The summed E-state index contributed by atoms with van der Waals surface area (Å²) in [7, 11) is 0. The highest BCUT2D eigenvalue weighted by molar-refractivity contribution is 14.1. The average Bonchev–Trinajstić information content (AvgIpc) is 3.19. The van der Waals surface area contributed by atoms with Crippen LogP contribution in [-0.4, -0.2) is 28.1 Å². The van der Waals surface area contributed by atoms with E-state index in [0.717, 1.165) is 64.2 Å². The van der Waals surface area contributed by atoms with Crippen LogP contribution in [0.4, 0.5) is 0 Å². The largest absolute Gasteiger partial charge is 0.487 e. The molecule has 2 aromatic carbocycles. The maximum absolute atomic E-state index is 13.7. The summed E-state index contributed by atoms with van der Waals surface area (Å²) < 4.78 is 9.34. The highest BCUT2D eigenvalue weighted by Crippen LogP contribution is 2.39. The van der Waals surface area contributed by atoms with Gasteiger partial charge in [0.2, 0.25) is 0 Å². The summed E-state index contributed by atoms with van der Waals surface area (Å²) in [5.74, 6) is 1.02. The van der Waals surface area contributed by atoms with Gasteiger partial charge in [0.05, 0.1) is 18.1 Å². The molecule has 0 atom stereocenters. The molecule has 4 nitrogen and oxygen atoms in total. The van der Waals surface area contributed by atoms with Crippen molar-refractivity contribution in [1.29, 1.82) is 0 Å². The van der Waals surface area contributed by atoms with Gasteiger partial charge in [-0.3, -0.25) is 14.7 Å². The summed E-state index contributed by atoms with van der Waals surface area (Å²) in [4.78, 5) is 21.7. The molecule has 0 spiro atoms. The molecule has 0 bridgehead atoms. The van der Waals surface area contributed by atoms with Crippen LogP contribution in [0.5, 0.6) is 5.75 Å². The lowest BCUT2D eigenvalue weighted by molar-refractivity contribution is -0.124. The van der Waals surface area contributed by atoms with Gasteiger partial charge in [0.1, 0.15) is 12.4 Å². The third-order valence-electron chi connectivity index (χ3n) is 7.26. The van der Waals surface area contributed by atoms with Crippen molar-refractivity contribution in [1.82, 2.24) is 4.90 Å². The average molecular weight is 805 g/mol. The number of halogens is 3. The number of hydrogen-bond donors (Lipinski definition) is 0. The van der Waals surface area contributed by atoms with Crippen LogP contribution in [0.1, 0.15) is 75.3 Å². The van der Waals surface area contributed by atoms with Gasteiger partial charge in [-0.1, -0.05) is 66.6 Å². The lowest BCUT2D eigenvalue weighted by Crippen LogP contribution is -2.41. The molecule has 3 aliphatic rings. The summed E-state index contributed by atoms with van der Waals surface area (Å²) in [5, 5.41) is 0.939. The minimum absolute atomic E-state index is 0.132. The zero-order chi connectivity index (χ0) is 25.8. The van der Waals surface area contributed by atoms with E-state index in [4.69, 9.17) is 9.73 Å². The molecule has 0 unspecified atom stereocenters. The van der Waals surface area contributed by atoms with E-state index in [2.05, 4.69) is 96.4 Å². The predicted octanol–water partition coefficient (Wildman–Crippen LogP) is 9.17. The molecule has 1 aliphatic heterocycles. The molecular formula is C29H31BrI2N2O2S. The quantitative estimate of drug-likeness (QED) is 0.216. The van der Waals surface area contributed by atoms with Crippen molar-refractivity contribution in [3.05, 3.63) is 64.0 Å². The highest BCUT2D eigenvalue weighted by Gasteiger charge is 2.39. The fourth-order valence-electron chi connectivity index (χ4n) is 5.29. The van der Waals surface area contributed by atoms with E-state index in [9.17, 15) is 4.79 Å². The van der Waals surface area contributed by atoms with E-state index >= 15 is 0 Å². The van der Waals surface area contributed by atoms with Gasteiger partial charge in [0.25, 0.3) is 5.91 Å². The second kappa shape index (κ2) is 13.2. The maximum atomic E-state index is 13.7. The Morgan fingerprint density at radius 3 is 2.24 bits per heavy atom. The first-order valence-corrected chi connectivity index (χ1v) is 16.9. The molecule has 5 rings (SSSR count). The fourth-order valence-corrected chi connectivity index (χ4v) is 8.79. The summed E-state index contributed by atoms with van der Waals surface area (Å²) >= 11 is 9.74. The third kappa shape index (κ3) is 7.14. The fraction of sp³-hybridized carbons (Fsp3) is 0.448. The monoisotopic (exact) mass is 804 g/mol. The Hall–Kier alpha value is -0.590. The number of carbonyl (C=O) groups is 1. The number of amidine groups is 1. The normalized spacial score (nSPS) is 21.8. The standard InChI is InChI=1S/C29H31BrI2N2O2S/c30-21-13-11-19(12-14-21)18-36-27-24(31)15-20(16-25(27)32)17-26-28(35)34(23-9-5-2-6-10-23)29(37-26)33-22-7-3-1-4-8-22/h11-17,22-23H,1-10,18H2. The molecule has 1 saturated heterocycles. The van der Waals surface area contributed by atoms with Gasteiger partial charge in [-0.2, -0.15) is 0 Å². The van der Waals surface area contributed by atoms with Crippen LogP contribution in [0.3, 0.4) is 0 Å². The van der Waals surface area contributed by atoms with E-state index in [1.807, 2.05) is 12.1 Å². The van der Waals surface area contributed by atoms with Crippen molar-refractivity contribution in [2.24, 2.45) is 4.99 Å². The molecule has 0 radical (unpaired) electrons. The lowest BCUT2D eigenvalue weighted by Gasteiger charge is -2.31. The first-order valence-electron chi connectivity index (χ1n) is 13.1. The van der Waals surface area contributed by atoms with Crippen LogP contribution in [0.25, 0.3) is 6.08 Å². The van der Waals surface area contributed by atoms with Gasteiger partial charge in [0, 0.05) is 10.5 Å². The molecule has 2 aliphatic carbocycles. The number of hydrogen-bond acceptors (Lipinski definition) is 4. The van der Waals surface area contributed by atoms with E-state index in [1.54, 1.807) is 11.8 Å². The molecule has 2 aromatic rings. The minimum Gasteiger partial charge on any atom is -0.487 e. The van der Waals surface area contributed by atoms with E-state index < -0.39 is 0 Å². The van der Waals surface area contributed by atoms with Crippen molar-refractivity contribution in [2.75, 3.05) is 0 Å². The zero-order valence-corrected chi connectivity index (χ0v) is 27.4. The first kappa shape index (κ1) is 28.0. The molecule has 0 N–H and O–H groups in total. The third-order valence-corrected chi connectivity index (χ3v) is 10.4. The number of ether oxygens (including phenoxy) is 1. The minimum atomic E-state index is 0.132. The molecule has 8 heteroatoms. The summed E-state index contributed by atoms with van der Waals surface area (Å²) in [6, 6.07) is 13.1. The van der Waals surface area contributed by atoms with Gasteiger partial charge < -0.3 is 4.74 Å². The summed E-state index contributed by atoms with van der Waals surface area (Å²) in [5.41, 5.74) is 2.16. The zero-order valence-electron chi connectivity index (χ0n) is 20.7. The number of thioether (sulfide) groups is 1. The van der Waals surface area contributed by atoms with Crippen LogP contribution in [-0.2, 0) is 11.4 Å². The van der Waals surface area contributed by atoms with Crippen LogP contribution in [0, 0.1) is 7.14 Å². The van der Waals surface area contributed by atoms with Gasteiger partial charge in [-0.25, -0.2) is 0 Å². The lowest BCUT2D eigenvalue weighted by atomic mass is 9.94. The first-order chi connectivity index (χ1) is 18.0. The van der Waals surface area contributed by atoms with Gasteiger partial charge in [-0.05, 0) is 124 Å². The van der Waals surface area contributed by atoms with E-state index in [0.29, 0.717) is 12.6 Å². The molecule has 2 saturated carbocycles. The Bertz CT molecular complexity index is 1170. The second-order valence-electron chi connectivity index (χ2n) is 10.0. The molecule has 1 heterocycles. The Balaban J connectivity index is 1.37. The molecule has 37 heavy (non-hydrogen) atoms. The molecule has 196 valence electrons. The summed E-state index contributed by atoms with van der Waals surface area (Å²) in [6.45, 7) is 0.519. The van der Waals surface area contributed by atoms with Crippen molar-refractivity contribution in [2.45, 2.75) is 82.9 Å². The smallest absolute Gasteiger partial charge is 0.266 e. The number of carbonyl (C=O) groups excluding carboxylic acids is 1. The Morgan fingerprint density at radius 2 is 1.59 bits per heavy atom. The van der Waals surface area contributed by atoms with Crippen LogP contribution >= 0.6 is 72.9 Å². The number of rotatable bonds is 6. The maximum Gasteiger partial charge on any atom is 0.266 e. The summed E-state index contributed by atoms with van der Waals surface area (Å²) in [6.07, 6.45) is 14.0.